The normalized spacial score (nSPS) is 10.8. The minimum Gasteiger partial charge on any atom is -0.384 e. The Morgan fingerprint density at radius 3 is 3.00 bits per heavy atom. The second-order valence-electron chi connectivity index (χ2n) is 4.73. The van der Waals surface area contributed by atoms with Gasteiger partial charge >= 0.3 is 0 Å². The second kappa shape index (κ2) is 5.21. The highest BCUT2D eigenvalue weighted by atomic mass is 16.1. The minimum atomic E-state index is -0.00672. The van der Waals surface area contributed by atoms with E-state index in [9.17, 15) is 4.79 Å². The summed E-state index contributed by atoms with van der Waals surface area (Å²) in [6.07, 6.45) is 4.32. The monoisotopic (exact) mass is 268 g/mol. The van der Waals surface area contributed by atoms with Crippen molar-refractivity contribution < 1.29 is 0 Å². The van der Waals surface area contributed by atoms with Crippen molar-refractivity contribution >= 4 is 16.6 Å². The second-order valence-corrected chi connectivity index (χ2v) is 4.73. The molecule has 0 saturated carbocycles. The number of aryl methyl sites for hydroxylation is 1. The van der Waals surface area contributed by atoms with Gasteiger partial charge in [0.25, 0.3) is 5.56 Å². The summed E-state index contributed by atoms with van der Waals surface area (Å²) in [5.41, 5.74) is 2.88. The van der Waals surface area contributed by atoms with Crippen LogP contribution in [0.2, 0.25) is 0 Å². The zero-order chi connectivity index (χ0) is 13.9. The Bertz CT molecular complexity index is 774. The van der Waals surface area contributed by atoms with Crippen LogP contribution in [0.15, 0.2) is 47.7 Å². The molecule has 0 atom stereocenters. The molecular weight excluding hydrogens is 252 g/mol. The maximum Gasteiger partial charge on any atom is 0.252 e. The van der Waals surface area contributed by atoms with E-state index in [4.69, 9.17) is 0 Å². The number of hydrogen-bond donors (Lipinski definition) is 2. The van der Waals surface area contributed by atoms with E-state index in [0.717, 1.165) is 35.2 Å². The van der Waals surface area contributed by atoms with Crippen molar-refractivity contribution in [2.45, 2.75) is 6.42 Å². The van der Waals surface area contributed by atoms with Crippen LogP contribution in [0.5, 0.6) is 0 Å². The molecule has 0 unspecified atom stereocenters. The third-order valence-electron chi connectivity index (χ3n) is 3.42. The molecule has 1 aromatic carbocycles. The molecule has 0 aliphatic carbocycles. The number of rotatable bonds is 4. The molecule has 20 heavy (non-hydrogen) atoms. The number of anilines is 1. The van der Waals surface area contributed by atoms with Gasteiger partial charge in [-0.15, -0.1) is 0 Å². The Balaban J connectivity index is 1.87. The van der Waals surface area contributed by atoms with E-state index >= 15 is 0 Å². The van der Waals surface area contributed by atoms with Crippen LogP contribution in [0.25, 0.3) is 10.9 Å². The quantitative estimate of drug-likeness (QED) is 0.760. The predicted molar refractivity (Wildman–Crippen MR) is 80.0 cm³/mol. The summed E-state index contributed by atoms with van der Waals surface area (Å²) in [5.74, 6) is 0. The Hall–Kier alpha value is -2.56. The summed E-state index contributed by atoms with van der Waals surface area (Å²) < 4.78 is 1.66. The number of benzene rings is 1. The number of aromatic amines is 1. The van der Waals surface area contributed by atoms with Crippen LogP contribution in [0.4, 0.5) is 5.69 Å². The van der Waals surface area contributed by atoms with E-state index < -0.39 is 0 Å². The van der Waals surface area contributed by atoms with Crippen LogP contribution in [0, 0.1) is 0 Å². The molecule has 102 valence electrons. The van der Waals surface area contributed by atoms with Crippen LogP contribution >= 0.6 is 0 Å². The summed E-state index contributed by atoms with van der Waals surface area (Å²) >= 11 is 0. The van der Waals surface area contributed by atoms with Crippen LogP contribution in [-0.4, -0.2) is 21.1 Å². The number of para-hydroxylation sites is 1. The van der Waals surface area contributed by atoms with Crippen molar-refractivity contribution in [3.8, 4) is 0 Å². The number of hydrogen-bond acceptors (Lipinski definition) is 3. The number of imidazole rings is 1. The molecule has 0 fully saturated rings. The zero-order valence-corrected chi connectivity index (χ0v) is 11.3. The Kier molecular flexibility index (Phi) is 3.25. The van der Waals surface area contributed by atoms with Gasteiger partial charge in [0.15, 0.2) is 0 Å². The molecular formula is C15H16N4O. The third kappa shape index (κ3) is 2.30. The summed E-state index contributed by atoms with van der Waals surface area (Å²) in [6, 6.07) is 9.54. The third-order valence-corrected chi connectivity index (χ3v) is 3.42. The number of pyridine rings is 1. The molecule has 3 aromatic rings. The van der Waals surface area contributed by atoms with Crippen LogP contribution in [0.1, 0.15) is 5.69 Å². The Morgan fingerprint density at radius 2 is 2.20 bits per heavy atom. The highest BCUT2D eigenvalue weighted by Gasteiger charge is 2.05. The van der Waals surface area contributed by atoms with Gasteiger partial charge in [-0.05, 0) is 6.07 Å². The lowest BCUT2D eigenvalue weighted by Gasteiger charge is -2.11. The largest absolute Gasteiger partial charge is 0.384 e. The molecule has 2 aromatic heterocycles. The first-order valence-electron chi connectivity index (χ1n) is 6.55. The van der Waals surface area contributed by atoms with Gasteiger partial charge in [0, 0.05) is 49.0 Å². The van der Waals surface area contributed by atoms with Crippen molar-refractivity contribution in [3.05, 3.63) is 58.9 Å². The van der Waals surface area contributed by atoms with E-state index in [2.05, 4.69) is 15.3 Å². The molecule has 0 aliphatic rings. The van der Waals surface area contributed by atoms with Gasteiger partial charge in [0.2, 0.25) is 0 Å². The van der Waals surface area contributed by atoms with Gasteiger partial charge < -0.3 is 14.9 Å². The number of nitrogens with one attached hydrogen (secondary N) is 2. The lowest BCUT2D eigenvalue weighted by Crippen LogP contribution is -2.18. The Morgan fingerprint density at radius 1 is 1.35 bits per heavy atom. The molecule has 0 bridgehead atoms. The summed E-state index contributed by atoms with van der Waals surface area (Å²) in [6.45, 7) is 0.749. The molecule has 0 saturated heterocycles. The maximum absolute atomic E-state index is 12.0. The van der Waals surface area contributed by atoms with Gasteiger partial charge in [0.1, 0.15) is 0 Å². The Labute approximate surface area is 116 Å². The van der Waals surface area contributed by atoms with Crippen LogP contribution in [-0.2, 0) is 13.5 Å². The fourth-order valence-electron chi connectivity index (χ4n) is 2.31. The molecule has 5 nitrogen and oxygen atoms in total. The smallest absolute Gasteiger partial charge is 0.252 e. The first-order chi connectivity index (χ1) is 9.75. The molecule has 0 radical (unpaired) electrons. The molecule has 2 heterocycles. The molecule has 3 rings (SSSR count). The van der Waals surface area contributed by atoms with Crippen molar-refractivity contribution in [1.82, 2.24) is 14.5 Å². The van der Waals surface area contributed by atoms with Crippen molar-refractivity contribution in [3.63, 3.8) is 0 Å². The van der Waals surface area contributed by atoms with Crippen molar-refractivity contribution in [2.75, 3.05) is 11.9 Å². The molecule has 2 N–H and O–H groups in total. The zero-order valence-electron chi connectivity index (χ0n) is 11.3. The molecule has 0 amide bonds. The van der Waals surface area contributed by atoms with E-state index in [-0.39, 0.29) is 5.56 Å². The van der Waals surface area contributed by atoms with E-state index in [1.165, 1.54) is 0 Å². The van der Waals surface area contributed by atoms with Crippen LogP contribution in [0.3, 0.4) is 0 Å². The lowest BCUT2D eigenvalue weighted by atomic mass is 10.1. The lowest BCUT2D eigenvalue weighted by molar-refractivity contribution is 0.904. The summed E-state index contributed by atoms with van der Waals surface area (Å²) in [7, 11) is 1.79. The number of aromatic nitrogens is 3. The first kappa shape index (κ1) is 12.5. The van der Waals surface area contributed by atoms with Gasteiger partial charge in [-0.1, -0.05) is 18.2 Å². The van der Waals surface area contributed by atoms with Crippen LogP contribution < -0.4 is 10.9 Å². The van der Waals surface area contributed by atoms with Gasteiger partial charge in [-0.3, -0.25) is 4.79 Å². The standard InChI is InChI=1S/C15H16N4O/c1-19-14-5-3-2-4-12(14)13(8-15(19)20)17-7-6-11-9-16-10-18-11/h2-5,8-10,17H,6-7H2,1H3,(H,16,18). The highest BCUT2D eigenvalue weighted by Crippen LogP contribution is 2.20. The van der Waals surface area contributed by atoms with Gasteiger partial charge in [-0.25, -0.2) is 4.98 Å². The van der Waals surface area contributed by atoms with Crippen molar-refractivity contribution in [1.29, 1.82) is 0 Å². The first-order valence-corrected chi connectivity index (χ1v) is 6.55. The average molecular weight is 268 g/mol. The van der Waals surface area contributed by atoms with Gasteiger partial charge in [-0.2, -0.15) is 0 Å². The van der Waals surface area contributed by atoms with E-state index in [1.807, 2.05) is 30.5 Å². The van der Waals surface area contributed by atoms with E-state index in [1.54, 1.807) is 24.0 Å². The van der Waals surface area contributed by atoms with Crippen molar-refractivity contribution in [2.24, 2.45) is 7.05 Å². The molecule has 5 heteroatoms. The fraction of sp³-hybridized carbons (Fsp3) is 0.200. The maximum atomic E-state index is 12.0. The predicted octanol–water partition coefficient (Wildman–Crippen LogP) is 1.92. The summed E-state index contributed by atoms with van der Waals surface area (Å²) in [4.78, 5) is 19.0. The average Bonchev–Trinajstić information content (AvgIpc) is 2.97. The van der Waals surface area contributed by atoms with Gasteiger partial charge in [0.05, 0.1) is 11.8 Å². The minimum absolute atomic E-state index is 0.00672. The SMILES string of the molecule is Cn1c(=O)cc(NCCc2cnc[nH]2)c2ccccc21. The number of nitrogens with zero attached hydrogens (tertiary/aromatic N) is 2. The number of fused-ring (bicyclic) bond motifs is 1. The van der Waals surface area contributed by atoms with E-state index in [0.29, 0.717) is 0 Å². The summed E-state index contributed by atoms with van der Waals surface area (Å²) in [5, 5.41) is 4.39. The molecule has 0 spiro atoms. The highest BCUT2D eigenvalue weighted by molar-refractivity contribution is 5.91. The topological polar surface area (TPSA) is 62.7 Å². The number of H-pyrrole nitrogens is 1. The fourth-order valence-corrected chi connectivity index (χ4v) is 2.31. The molecule has 0 aliphatic heterocycles.